The average Bonchev–Trinajstić information content (AvgIpc) is 3.69. The molecule has 13 rings (SSSR count). The van der Waals surface area contributed by atoms with Gasteiger partial charge in [-0.25, -0.2) is 9.13 Å². The Balaban J connectivity index is 0.762. The van der Waals surface area contributed by atoms with Crippen LogP contribution in [0.4, 0.5) is 0 Å². The minimum absolute atomic E-state index is 0.550. The topological polar surface area (TPSA) is 96.0 Å². The van der Waals surface area contributed by atoms with Crippen LogP contribution in [0.3, 0.4) is 0 Å². The van der Waals surface area contributed by atoms with E-state index >= 15 is 0 Å². The Hall–Kier alpha value is -9.97. The van der Waals surface area contributed by atoms with Crippen molar-refractivity contribution in [3.05, 3.63) is 340 Å². The van der Waals surface area contributed by atoms with Gasteiger partial charge in [0.1, 0.15) is 13.1 Å². The van der Waals surface area contributed by atoms with Gasteiger partial charge in [0.25, 0.3) is 0 Å². The Morgan fingerprint density at radius 2 is 0.726 bits per heavy atom. The number of benzene rings is 10. The molecule has 0 aliphatic rings. The number of halogens is 1. The van der Waals surface area contributed by atoms with Gasteiger partial charge in [0, 0.05) is 33.5 Å². The number of hydrogen-bond donors (Lipinski definition) is 0. The molecule has 10 nitrogen and oxygen atoms in total. The Labute approximate surface area is 498 Å². The summed E-state index contributed by atoms with van der Waals surface area (Å²) in [5.41, 5.74) is 14.1. The Kier molecular flexibility index (Phi) is 15.1. The van der Waals surface area contributed by atoms with E-state index in [2.05, 4.69) is 269 Å². The van der Waals surface area contributed by atoms with E-state index in [0.717, 1.165) is 97.2 Å². The zero-order valence-corrected chi connectivity index (χ0v) is 48.1. The van der Waals surface area contributed by atoms with Crippen LogP contribution in [-0.4, -0.2) is 45.0 Å². The van der Waals surface area contributed by atoms with E-state index in [-0.39, 0.29) is 0 Å². The van der Waals surface area contributed by atoms with Gasteiger partial charge in [-0.15, -0.1) is 30.0 Å². The molecule has 0 aliphatic carbocycles. The third-order valence-corrected chi connectivity index (χ3v) is 16.9. The van der Waals surface area contributed by atoms with Crippen molar-refractivity contribution in [2.24, 2.45) is 0 Å². The van der Waals surface area contributed by atoms with Gasteiger partial charge in [-0.3, -0.25) is 0 Å². The molecule has 0 saturated heterocycles. The fourth-order valence-electron chi connectivity index (χ4n) is 11.9. The Morgan fingerprint density at radius 1 is 0.393 bits per heavy atom. The summed E-state index contributed by atoms with van der Waals surface area (Å²) in [5.74, 6) is 1.10. The van der Waals surface area contributed by atoms with E-state index in [1.807, 2.05) is 48.5 Å². The monoisotopic (exact) mass is 1160 g/mol. The van der Waals surface area contributed by atoms with E-state index in [1.54, 1.807) is 9.59 Å². The lowest BCUT2D eigenvalue weighted by Crippen LogP contribution is -2.39. The number of imidazole rings is 1. The highest BCUT2D eigenvalue weighted by atomic mass is 79.9. The SMILES string of the molecule is CCCCc1c(Br)n(Cc2ccc(-c3ccccc3-c3nnn(C(c4ccccc4)(c4ccccc4)c4ccccc4)n3)cc2)c[n+]1Cc1ccc(-c2ccccc2-c2nnn(C(c3ccccc3)(c3ccccc3)c3ccccc3)n2)cc1. The first-order valence-corrected chi connectivity index (χ1v) is 29.4. The fourth-order valence-corrected chi connectivity index (χ4v) is 12.6. The normalized spacial score (nSPS) is 11.7. The molecule has 0 fully saturated rings. The predicted molar refractivity (Wildman–Crippen MR) is 336 cm³/mol. The fraction of sp³-hybridized carbons (Fsp3) is 0.110. The molecule has 11 heteroatoms. The molecule has 0 bridgehead atoms. The molecule has 0 radical (unpaired) electrons. The molecule has 408 valence electrons. The van der Waals surface area contributed by atoms with Crippen molar-refractivity contribution < 1.29 is 4.57 Å². The predicted octanol–water partition coefficient (Wildman–Crippen LogP) is 15.3. The molecule has 84 heavy (non-hydrogen) atoms. The molecule has 13 aromatic rings. The van der Waals surface area contributed by atoms with Crippen molar-refractivity contribution in [1.82, 2.24) is 45.0 Å². The van der Waals surface area contributed by atoms with E-state index < -0.39 is 11.1 Å². The van der Waals surface area contributed by atoms with Crippen LogP contribution in [-0.2, 0) is 30.6 Å². The summed E-state index contributed by atoms with van der Waals surface area (Å²) >= 11 is 4.08. The molecule has 3 heterocycles. The first-order chi connectivity index (χ1) is 41.5. The van der Waals surface area contributed by atoms with Gasteiger partial charge in [0.2, 0.25) is 22.6 Å². The van der Waals surface area contributed by atoms with Gasteiger partial charge in [0.15, 0.2) is 16.8 Å². The molecule has 0 N–H and O–H groups in total. The summed E-state index contributed by atoms with van der Waals surface area (Å²) in [5, 5.41) is 29.8. The second-order valence-electron chi connectivity index (χ2n) is 21.1. The van der Waals surface area contributed by atoms with Crippen LogP contribution in [0.5, 0.6) is 0 Å². The maximum Gasteiger partial charge on any atom is 0.245 e. The molecule has 0 amide bonds. The minimum Gasteiger partial charge on any atom is -0.229 e. The molecule has 0 saturated carbocycles. The smallest absolute Gasteiger partial charge is 0.229 e. The van der Waals surface area contributed by atoms with Crippen molar-refractivity contribution in [1.29, 1.82) is 0 Å². The highest BCUT2D eigenvalue weighted by Gasteiger charge is 2.43. The van der Waals surface area contributed by atoms with E-state index in [4.69, 9.17) is 30.8 Å². The van der Waals surface area contributed by atoms with Gasteiger partial charge >= 0.3 is 0 Å². The van der Waals surface area contributed by atoms with Crippen molar-refractivity contribution in [3.63, 3.8) is 0 Å². The van der Waals surface area contributed by atoms with Crippen LogP contribution < -0.4 is 4.57 Å². The molecule has 3 aromatic heterocycles. The maximum absolute atomic E-state index is 5.26. The highest BCUT2D eigenvalue weighted by Crippen LogP contribution is 2.43. The van der Waals surface area contributed by atoms with Crippen LogP contribution in [0.1, 0.15) is 70.0 Å². The zero-order valence-electron chi connectivity index (χ0n) is 46.5. The summed E-state index contributed by atoms with van der Waals surface area (Å²) in [6.45, 7) is 3.67. The summed E-state index contributed by atoms with van der Waals surface area (Å²) in [4.78, 5) is 3.58. The summed E-state index contributed by atoms with van der Waals surface area (Å²) < 4.78 is 5.82. The summed E-state index contributed by atoms with van der Waals surface area (Å²) in [7, 11) is 0. The number of tetrazole rings is 2. The first-order valence-electron chi connectivity index (χ1n) is 28.6. The third-order valence-electron chi connectivity index (χ3n) is 16.0. The van der Waals surface area contributed by atoms with Crippen LogP contribution in [0.2, 0.25) is 0 Å². The van der Waals surface area contributed by atoms with Crippen LogP contribution in [0.25, 0.3) is 45.0 Å². The van der Waals surface area contributed by atoms with Crippen molar-refractivity contribution >= 4 is 15.9 Å². The molecule has 0 unspecified atom stereocenters. The number of hydrogen-bond acceptors (Lipinski definition) is 6. The third kappa shape index (κ3) is 10.1. The van der Waals surface area contributed by atoms with Gasteiger partial charge in [0.05, 0.1) is 0 Å². The van der Waals surface area contributed by atoms with E-state index in [9.17, 15) is 0 Å². The maximum atomic E-state index is 5.26. The molecule has 0 aliphatic heterocycles. The lowest BCUT2D eigenvalue weighted by molar-refractivity contribution is -0.695. The van der Waals surface area contributed by atoms with Gasteiger partial charge < -0.3 is 0 Å². The molecule has 0 atom stereocenters. The second-order valence-corrected chi connectivity index (χ2v) is 21.9. The van der Waals surface area contributed by atoms with Crippen LogP contribution >= 0.6 is 15.9 Å². The van der Waals surface area contributed by atoms with Crippen molar-refractivity contribution in [3.8, 4) is 45.0 Å². The summed E-state index contributed by atoms with van der Waals surface area (Å²) in [6.07, 6.45) is 5.40. The average molecular weight is 1160 g/mol. The molecular weight excluding hydrogens is 1100 g/mol. The first kappa shape index (κ1) is 53.3. The number of rotatable bonds is 19. The summed E-state index contributed by atoms with van der Waals surface area (Å²) in [6, 6.07) is 97.1. The number of nitrogens with zero attached hydrogens (tertiary/aromatic N) is 10. The Bertz CT molecular complexity index is 4090. The number of aromatic nitrogens is 10. The van der Waals surface area contributed by atoms with Crippen molar-refractivity contribution in [2.75, 3.05) is 0 Å². The minimum atomic E-state index is -0.875. The highest BCUT2D eigenvalue weighted by molar-refractivity contribution is 9.10. The molecule has 0 spiro atoms. The zero-order chi connectivity index (χ0) is 56.7. The van der Waals surface area contributed by atoms with Crippen molar-refractivity contribution in [2.45, 2.75) is 50.4 Å². The Morgan fingerprint density at radius 3 is 1.08 bits per heavy atom. The van der Waals surface area contributed by atoms with E-state index in [1.165, 1.54) is 16.8 Å². The van der Waals surface area contributed by atoms with Gasteiger partial charge in [-0.05, 0) is 83.6 Å². The number of unbranched alkanes of at least 4 members (excludes halogenated alkanes) is 1. The largest absolute Gasteiger partial charge is 0.245 e. The lowest BCUT2D eigenvalue weighted by atomic mass is 9.77. The van der Waals surface area contributed by atoms with Gasteiger partial charge in [-0.1, -0.05) is 292 Å². The van der Waals surface area contributed by atoms with Gasteiger partial charge in [-0.2, -0.15) is 0 Å². The van der Waals surface area contributed by atoms with Crippen LogP contribution in [0, 0.1) is 0 Å². The van der Waals surface area contributed by atoms with E-state index in [0.29, 0.717) is 18.2 Å². The quantitative estimate of drug-likeness (QED) is 0.0591. The standard InChI is InChI=1S/C73H60BrN10/c1-2-3-42-68-69(74)82(52-55-45-49-57(50-46-55)65-39-23-25-41-67(65)71-76-80-84(78-71)73(61-32-16-7-17-33-61,62-34-18-8-19-35-62)63-36-20-9-21-37-63)53-81(68)51-54-43-47-56(48-44-54)64-38-22-24-40-66(64)70-75-79-83(77-70)72(58-26-10-4-11-27-58,59-28-12-5-13-29-59)60-30-14-6-15-31-60/h4-41,43-50,53H,2-3,42,51-52H2,1H3/q+1. The second kappa shape index (κ2) is 23.9. The van der Waals surface area contributed by atoms with Crippen LogP contribution in [0.15, 0.2) is 290 Å². The lowest BCUT2D eigenvalue weighted by Gasteiger charge is -2.34. The molecular formula is C73H60BrN10+. The molecule has 10 aromatic carbocycles.